The highest BCUT2D eigenvalue weighted by Crippen LogP contribution is 1.83. The van der Waals surface area contributed by atoms with Gasteiger partial charge in [0.25, 0.3) is 0 Å². The minimum Gasteiger partial charge on any atom is -0.358 e. The van der Waals surface area contributed by atoms with Crippen molar-refractivity contribution in [2.45, 2.75) is 13.8 Å². The van der Waals surface area contributed by atoms with Gasteiger partial charge in [-0.25, -0.2) is 0 Å². The molecule has 13 heavy (non-hydrogen) atoms. The lowest BCUT2D eigenvalue weighted by atomic mass is 10.4. The SMILES string of the molecule is CCN(CC)CCNCC(=O)NC. The van der Waals surface area contributed by atoms with Crippen molar-refractivity contribution < 1.29 is 4.79 Å². The van der Waals surface area contributed by atoms with E-state index in [0.717, 1.165) is 26.2 Å². The first kappa shape index (κ1) is 12.4. The molecule has 4 heteroatoms. The van der Waals surface area contributed by atoms with Crippen LogP contribution in [0.4, 0.5) is 0 Å². The zero-order chi connectivity index (χ0) is 10.1. The van der Waals surface area contributed by atoms with E-state index in [0.29, 0.717) is 6.54 Å². The van der Waals surface area contributed by atoms with Gasteiger partial charge in [0.05, 0.1) is 6.54 Å². The van der Waals surface area contributed by atoms with Crippen LogP contribution in [0.5, 0.6) is 0 Å². The molecule has 0 rings (SSSR count). The Labute approximate surface area is 80.7 Å². The van der Waals surface area contributed by atoms with Crippen LogP contribution in [-0.4, -0.2) is 50.6 Å². The Kier molecular flexibility index (Phi) is 7.63. The molecule has 0 saturated carbocycles. The smallest absolute Gasteiger partial charge is 0.233 e. The standard InChI is InChI=1S/C9H21N3O/c1-4-12(5-2)7-6-11-8-9(13)10-3/h11H,4-8H2,1-3H3,(H,10,13). The summed E-state index contributed by atoms with van der Waals surface area (Å²) in [6.45, 7) is 8.71. The van der Waals surface area contributed by atoms with Crippen molar-refractivity contribution in [3.05, 3.63) is 0 Å². The Hall–Kier alpha value is -0.610. The van der Waals surface area contributed by atoms with Gasteiger partial charge in [-0.05, 0) is 13.1 Å². The molecule has 0 fully saturated rings. The Balaban J connectivity index is 3.28. The molecule has 4 nitrogen and oxygen atoms in total. The first-order valence-corrected chi connectivity index (χ1v) is 4.88. The number of likely N-dealkylation sites (N-methyl/N-ethyl adjacent to an activating group) is 2. The number of carbonyl (C=O) groups is 1. The number of rotatable bonds is 7. The normalized spacial score (nSPS) is 10.5. The molecule has 0 heterocycles. The molecule has 0 aliphatic heterocycles. The third-order valence-corrected chi connectivity index (χ3v) is 2.06. The van der Waals surface area contributed by atoms with Crippen LogP contribution in [0.3, 0.4) is 0 Å². The molecular formula is C9H21N3O. The highest BCUT2D eigenvalue weighted by Gasteiger charge is 1.99. The summed E-state index contributed by atoms with van der Waals surface area (Å²) in [5.74, 6) is 0.0412. The topological polar surface area (TPSA) is 44.4 Å². The number of hydrogen-bond donors (Lipinski definition) is 2. The molecule has 1 amide bonds. The fourth-order valence-corrected chi connectivity index (χ4v) is 1.07. The van der Waals surface area contributed by atoms with Crippen LogP contribution in [0.1, 0.15) is 13.8 Å². The molecule has 78 valence electrons. The molecule has 0 radical (unpaired) electrons. The maximum atomic E-state index is 10.8. The van der Waals surface area contributed by atoms with E-state index in [4.69, 9.17) is 0 Å². The number of carbonyl (C=O) groups excluding carboxylic acids is 1. The van der Waals surface area contributed by atoms with Crippen LogP contribution in [0, 0.1) is 0 Å². The minimum absolute atomic E-state index is 0.0412. The monoisotopic (exact) mass is 187 g/mol. The van der Waals surface area contributed by atoms with Crippen LogP contribution in [0.25, 0.3) is 0 Å². The van der Waals surface area contributed by atoms with Crippen molar-refractivity contribution in [3.8, 4) is 0 Å². The van der Waals surface area contributed by atoms with E-state index in [2.05, 4.69) is 29.4 Å². The van der Waals surface area contributed by atoms with E-state index >= 15 is 0 Å². The molecule has 2 N–H and O–H groups in total. The van der Waals surface area contributed by atoms with Crippen molar-refractivity contribution >= 4 is 5.91 Å². The maximum Gasteiger partial charge on any atom is 0.233 e. The number of nitrogens with zero attached hydrogens (tertiary/aromatic N) is 1. The molecule has 0 aromatic rings. The molecule has 0 aromatic heterocycles. The van der Waals surface area contributed by atoms with Gasteiger partial charge in [0, 0.05) is 20.1 Å². The lowest BCUT2D eigenvalue weighted by Gasteiger charge is -2.17. The Bertz CT molecular complexity index is 135. The van der Waals surface area contributed by atoms with Crippen LogP contribution < -0.4 is 10.6 Å². The summed E-state index contributed by atoms with van der Waals surface area (Å²) in [4.78, 5) is 13.1. The summed E-state index contributed by atoms with van der Waals surface area (Å²) in [5.41, 5.74) is 0. The average Bonchev–Trinajstić information content (AvgIpc) is 2.18. The number of hydrogen-bond acceptors (Lipinski definition) is 3. The van der Waals surface area contributed by atoms with Gasteiger partial charge in [-0.2, -0.15) is 0 Å². The highest BCUT2D eigenvalue weighted by atomic mass is 16.1. The summed E-state index contributed by atoms with van der Waals surface area (Å²) < 4.78 is 0. The van der Waals surface area contributed by atoms with Crippen molar-refractivity contribution in [2.75, 3.05) is 39.8 Å². The molecule has 0 bridgehead atoms. The van der Waals surface area contributed by atoms with Gasteiger partial charge in [-0.3, -0.25) is 4.79 Å². The quantitative estimate of drug-likeness (QED) is 0.536. The van der Waals surface area contributed by atoms with E-state index in [1.165, 1.54) is 0 Å². The molecule has 0 spiro atoms. The van der Waals surface area contributed by atoms with Crippen LogP contribution in [0.15, 0.2) is 0 Å². The molecule has 0 aromatic carbocycles. The Morgan fingerprint density at radius 2 is 1.92 bits per heavy atom. The van der Waals surface area contributed by atoms with Gasteiger partial charge in [0.2, 0.25) is 5.91 Å². The highest BCUT2D eigenvalue weighted by molar-refractivity contribution is 5.77. The first-order chi connectivity index (χ1) is 6.24. The zero-order valence-corrected chi connectivity index (χ0v) is 8.89. The van der Waals surface area contributed by atoms with E-state index in [-0.39, 0.29) is 5.91 Å². The third kappa shape index (κ3) is 6.54. The van der Waals surface area contributed by atoms with Crippen LogP contribution in [-0.2, 0) is 4.79 Å². The predicted molar refractivity (Wildman–Crippen MR) is 54.7 cm³/mol. The predicted octanol–water partition coefficient (Wildman–Crippen LogP) is -0.336. The van der Waals surface area contributed by atoms with Crippen molar-refractivity contribution in [1.82, 2.24) is 15.5 Å². The van der Waals surface area contributed by atoms with Gasteiger partial charge in [-0.1, -0.05) is 13.8 Å². The summed E-state index contributed by atoms with van der Waals surface area (Å²) in [7, 11) is 1.65. The van der Waals surface area contributed by atoms with Gasteiger partial charge < -0.3 is 15.5 Å². The molecule has 0 aliphatic carbocycles. The van der Waals surface area contributed by atoms with Gasteiger partial charge in [0.1, 0.15) is 0 Å². The van der Waals surface area contributed by atoms with Gasteiger partial charge >= 0.3 is 0 Å². The van der Waals surface area contributed by atoms with E-state index in [1.54, 1.807) is 7.05 Å². The van der Waals surface area contributed by atoms with Crippen LogP contribution >= 0.6 is 0 Å². The molecule has 0 atom stereocenters. The molecule has 0 aliphatic rings. The van der Waals surface area contributed by atoms with Crippen molar-refractivity contribution in [2.24, 2.45) is 0 Å². The summed E-state index contributed by atoms with van der Waals surface area (Å²) >= 11 is 0. The summed E-state index contributed by atoms with van der Waals surface area (Å²) in [5, 5.41) is 5.65. The summed E-state index contributed by atoms with van der Waals surface area (Å²) in [6.07, 6.45) is 0. The second-order valence-electron chi connectivity index (χ2n) is 2.88. The minimum atomic E-state index is 0.0412. The van der Waals surface area contributed by atoms with Gasteiger partial charge in [0.15, 0.2) is 0 Å². The molecule has 0 unspecified atom stereocenters. The number of amides is 1. The second-order valence-corrected chi connectivity index (χ2v) is 2.88. The largest absolute Gasteiger partial charge is 0.358 e. The van der Waals surface area contributed by atoms with E-state index < -0.39 is 0 Å². The van der Waals surface area contributed by atoms with Crippen molar-refractivity contribution in [1.29, 1.82) is 0 Å². The summed E-state index contributed by atoms with van der Waals surface area (Å²) in [6, 6.07) is 0. The Morgan fingerprint density at radius 1 is 1.31 bits per heavy atom. The zero-order valence-electron chi connectivity index (χ0n) is 8.89. The second kappa shape index (κ2) is 8.01. The maximum absolute atomic E-state index is 10.8. The lowest BCUT2D eigenvalue weighted by molar-refractivity contribution is -0.119. The molecular weight excluding hydrogens is 166 g/mol. The van der Waals surface area contributed by atoms with Crippen LogP contribution in [0.2, 0.25) is 0 Å². The first-order valence-electron chi connectivity index (χ1n) is 4.88. The Morgan fingerprint density at radius 3 is 2.38 bits per heavy atom. The average molecular weight is 187 g/mol. The van der Waals surface area contributed by atoms with Gasteiger partial charge in [-0.15, -0.1) is 0 Å². The number of nitrogens with one attached hydrogen (secondary N) is 2. The third-order valence-electron chi connectivity index (χ3n) is 2.06. The van der Waals surface area contributed by atoms with E-state index in [9.17, 15) is 4.79 Å². The van der Waals surface area contributed by atoms with Crippen molar-refractivity contribution in [3.63, 3.8) is 0 Å². The lowest BCUT2D eigenvalue weighted by Crippen LogP contribution is -2.37. The fourth-order valence-electron chi connectivity index (χ4n) is 1.07. The molecule has 0 saturated heterocycles. The fraction of sp³-hybridized carbons (Fsp3) is 0.889. The van der Waals surface area contributed by atoms with E-state index in [1.807, 2.05) is 0 Å².